The van der Waals surface area contributed by atoms with Crippen molar-refractivity contribution in [2.45, 2.75) is 44.4 Å². The van der Waals surface area contributed by atoms with Gasteiger partial charge in [-0.05, 0) is 48.1 Å². The van der Waals surface area contributed by atoms with Crippen LogP contribution in [0.2, 0.25) is 0 Å². The number of rotatable bonds is 5. The normalized spacial score (nSPS) is 19.1. The number of hydrogen-bond donors (Lipinski definition) is 0. The first kappa shape index (κ1) is 20.4. The molecule has 1 aromatic carbocycles. The molecular weight excluding hydrogens is 421 g/mol. The number of hydrogen-bond acceptors (Lipinski definition) is 4. The average Bonchev–Trinajstić information content (AvgIpc) is 3.16. The topological polar surface area (TPSA) is 56.6 Å². The molecular formula is C23H23ClFN3O3. The molecule has 1 amide bonds. The molecule has 0 aliphatic carbocycles. The Labute approximate surface area is 184 Å². The zero-order valence-corrected chi connectivity index (χ0v) is 17.8. The second kappa shape index (κ2) is 8.57. The van der Waals surface area contributed by atoms with Gasteiger partial charge in [-0.15, -0.1) is 11.6 Å². The lowest BCUT2D eigenvalue weighted by Crippen LogP contribution is -2.42. The molecule has 2 aliphatic heterocycles. The van der Waals surface area contributed by atoms with E-state index >= 15 is 0 Å². The highest BCUT2D eigenvalue weighted by atomic mass is 35.5. The van der Waals surface area contributed by atoms with Gasteiger partial charge in [0.1, 0.15) is 11.5 Å². The molecule has 6 nitrogen and oxygen atoms in total. The predicted octanol–water partition coefficient (Wildman–Crippen LogP) is 4.42. The van der Waals surface area contributed by atoms with Gasteiger partial charge in [-0.3, -0.25) is 4.79 Å². The SMILES string of the molecule is O=C1c2ncc3c(c(CCl)cn3Cc3ccc(F)cc3)c2CCN1OC1CCCCO1. The quantitative estimate of drug-likeness (QED) is 0.548. The molecule has 1 atom stereocenters. The monoisotopic (exact) mass is 443 g/mol. The summed E-state index contributed by atoms with van der Waals surface area (Å²) in [5.74, 6) is -0.181. The van der Waals surface area contributed by atoms with Crippen LogP contribution >= 0.6 is 11.6 Å². The summed E-state index contributed by atoms with van der Waals surface area (Å²) in [5.41, 5.74) is 4.15. The van der Waals surface area contributed by atoms with Crippen LogP contribution < -0.4 is 0 Å². The lowest BCUT2D eigenvalue weighted by molar-refractivity contribution is -0.267. The maximum absolute atomic E-state index is 13.3. The van der Waals surface area contributed by atoms with E-state index in [4.69, 9.17) is 21.2 Å². The number of fused-ring (bicyclic) bond motifs is 3. The van der Waals surface area contributed by atoms with Gasteiger partial charge >= 0.3 is 0 Å². The van der Waals surface area contributed by atoms with Crippen LogP contribution in [0.3, 0.4) is 0 Å². The smallest absolute Gasteiger partial charge is 0.296 e. The van der Waals surface area contributed by atoms with Gasteiger partial charge in [0.25, 0.3) is 5.91 Å². The number of halogens is 2. The number of benzene rings is 1. The first-order valence-corrected chi connectivity index (χ1v) is 11.1. The van der Waals surface area contributed by atoms with E-state index in [9.17, 15) is 9.18 Å². The van der Waals surface area contributed by atoms with Crippen molar-refractivity contribution in [3.63, 3.8) is 0 Å². The number of nitrogens with zero attached hydrogens (tertiary/aromatic N) is 3. The molecule has 0 saturated carbocycles. The first-order valence-electron chi connectivity index (χ1n) is 10.5. The van der Waals surface area contributed by atoms with Crippen LogP contribution in [0, 0.1) is 5.82 Å². The van der Waals surface area contributed by atoms with Crippen molar-refractivity contribution in [3.8, 4) is 0 Å². The second-order valence-corrected chi connectivity index (χ2v) is 8.21. The summed E-state index contributed by atoms with van der Waals surface area (Å²) < 4.78 is 20.9. The number of alkyl halides is 1. The molecule has 3 aromatic rings. The van der Waals surface area contributed by atoms with Gasteiger partial charge in [0, 0.05) is 37.0 Å². The lowest BCUT2D eigenvalue weighted by atomic mass is 9.99. The highest BCUT2D eigenvalue weighted by Gasteiger charge is 2.32. The van der Waals surface area contributed by atoms with Gasteiger partial charge < -0.3 is 9.30 Å². The fourth-order valence-electron chi connectivity index (χ4n) is 4.36. The molecule has 1 saturated heterocycles. The Kier molecular flexibility index (Phi) is 5.65. The zero-order chi connectivity index (χ0) is 21.4. The molecule has 1 unspecified atom stereocenters. The Morgan fingerprint density at radius 3 is 2.84 bits per heavy atom. The Bertz CT molecular complexity index is 1110. The van der Waals surface area contributed by atoms with E-state index in [2.05, 4.69) is 9.55 Å². The van der Waals surface area contributed by atoms with E-state index in [1.54, 1.807) is 18.3 Å². The van der Waals surface area contributed by atoms with E-state index in [0.717, 1.165) is 46.9 Å². The molecule has 0 spiro atoms. The third kappa shape index (κ3) is 3.93. The van der Waals surface area contributed by atoms with Crippen LogP contribution in [-0.2, 0) is 28.4 Å². The second-order valence-electron chi connectivity index (χ2n) is 7.95. The minimum Gasteiger partial charge on any atom is -0.350 e. The maximum atomic E-state index is 13.3. The molecule has 2 aliphatic rings. The predicted molar refractivity (Wildman–Crippen MR) is 114 cm³/mol. The van der Waals surface area contributed by atoms with Crippen molar-refractivity contribution in [2.75, 3.05) is 13.2 Å². The van der Waals surface area contributed by atoms with Gasteiger partial charge in [0.15, 0.2) is 6.29 Å². The summed E-state index contributed by atoms with van der Waals surface area (Å²) in [6.07, 6.45) is 6.79. The van der Waals surface area contributed by atoms with Crippen LogP contribution in [0.25, 0.3) is 10.9 Å². The fraction of sp³-hybridized carbons (Fsp3) is 0.391. The molecule has 162 valence electrons. The third-order valence-corrected chi connectivity index (χ3v) is 6.18. The Balaban J connectivity index is 1.46. The minimum atomic E-state index is -0.377. The molecule has 0 radical (unpaired) electrons. The van der Waals surface area contributed by atoms with Crippen LogP contribution in [0.5, 0.6) is 0 Å². The average molecular weight is 444 g/mol. The lowest BCUT2D eigenvalue weighted by Gasteiger charge is -2.32. The minimum absolute atomic E-state index is 0.246. The highest BCUT2D eigenvalue weighted by molar-refractivity contribution is 6.18. The van der Waals surface area contributed by atoms with Gasteiger partial charge in [0.05, 0.1) is 18.3 Å². The molecule has 0 bridgehead atoms. The number of ether oxygens (including phenoxy) is 1. The fourth-order valence-corrected chi connectivity index (χ4v) is 4.56. The maximum Gasteiger partial charge on any atom is 0.296 e. The van der Waals surface area contributed by atoms with Crippen LogP contribution in [-0.4, -0.2) is 40.0 Å². The number of aromatic nitrogens is 2. The van der Waals surface area contributed by atoms with Crippen LogP contribution in [0.15, 0.2) is 36.7 Å². The van der Waals surface area contributed by atoms with E-state index in [1.165, 1.54) is 17.2 Å². The van der Waals surface area contributed by atoms with Gasteiger partial charge in [0.2, 0.25) is 0 Å². The molecule has 2 aromatic heterocycles. The number of pyridine rings is 1. The van der Waals surface area contributed by atoms with Crippen molar-refractivity contribution >= 4 is 28.4 Å². The number of amides is 1. The largest absolute Gasteiger partial charge is 0.350 e. The van der Waals surface area contributed by atoms with E-state index in [1.807, 2.05) is 6.20 Å². The van der Waals surface area contributed by atoms with Gasteiger partial charge in [-0.25, -0.2) is 19.3 Å². The molecule has 31 heavy (non-hydrogen) atoms. The highest BCUT2D eigenvalue weighted by Crippen LogP contribution is 2.32. The van der Waals surface area contributed by atoms with E-state index in [-0.39, 0.29) is 18.0 Å². The summed E-state index contributed by atoms with van der Waals surface area (Å²) in [4.78, 5) is 23.4. The Morgan fingerprint density at radius 2 is 2.10 bits per heavy atom. The summed E-state index contributed by atoms with van der Waals surface area (Å²) in [7, 11) is 0. The van der Waals surface area contributed by atoms with Crippen LogP contribution in [0.4, 0.5) is 4.39 Å². The molecule has 1 fully saturated rings. The number of carbonyl (C=O) groups is 1. The van der Waals surface area contributed by atoms with Crippen molar-refractivity contribution in [1.82, 2.24) is 14.6 Å². The van der Waals surface area contributed by atoms with Crippen molar-refractivity contribution < 1.29 is 18.8 Å². The van der Waals surface area contributed by atoms with Crippen molar-refractivity contribution in [3.05, 3.63) is 64.9 Å². The van der Waals surface area contributed by atoms with Crippen molar-refractivity contribution in [1.29, 1.82) is 0 Å². The number of hydroxylamine groups is 2. The standard InChI is InChI=1S/C23H23ClFN3O3/c24-11-16-14-27(13-15-4-6-17(25)7-5-15)19-12-26-22-18(21(16)19)8-9-28(23(22)29)31-20-3-1-2-10-30-20/h4-7,12,14,20H,1-3,8-11,13H2. The van der Waals surface area contributed by atoms with E-state index < -0.39 is 0 Å². The van der Waals surface area contributed by atoms with Crippen molar-refractivity contribution in [2.24, 2.45) is 0 Å². The Morgan fingerprint density at radius 1 is 1.26 bits per heavy atom. The zero-order valence-electron chi connectivity index (χ0n) is 17.0. The molecule has 5 rings (SSSR count). The first-order chi connectivity index (χ1) is 15.1. The van der Waals surface area contributed by atoms with Crippen LogP contribution in [0.1, 0.15) is 46.4 Å². The Hall–Kier alpha value is -2.48. The molecule has 8 heteroatoms. The summed E-state index contributed by atoms with van der Waals surface area (Å²) >= 11 is 6.26. The number of carbonyl (C=O) groups excluding carboxylic acids is 1. The molecule has 0 N–H and O–H groups in total. The summed E-state index contributed by atoms with van der Waals surface area (Å²) in [6, 6.07) is 6.43. The van der Waals surface area contributed by atoms with E-state index in [0.29, 0.717) is 37.7 Å². The summed E-state index contributed by atoms with van der Waals surface area (Å²) in [5, 5.41) is 2.36. The third-order valence-electron chi connectivity index (χ3n) is 5.89. The van der Waals surface area contributed by atoms with Gasteiger partial charge in [-0.1, -0.05) is 12.1 Å². The molecule has 4 heterocycles. The van der Waals surface area contributed by atoms with Gasteiger partial charge in [-0.2, -0.15) is 0 Å². The summed E-state index contributed by atoms with van der Waals surface area (Å²) in [6.45, 7) is 1.66.